The van der Waals surface area contributed by atoms with Gasteiger partial charge in [-0.05, 0) is 70.1 Å². The molecule has 1 fully saturated rings. The lowest BCUT2D eigenvalue weighted by atomic mass is 9.93. The van der Waals surface area contributed by atoms with Crippen molar-refractivity contribution in [2.45, 2.75) is 39.2 Å². The predicted molar refractivity (Wildman–Crippen MR) is 116 cm³/mol. The van der Waals surface area contributed by atoms with Gasteiger partial charge >= 0.3 is 0 Å². The summed E-state index contributed by atoms with van der Waals surface area (Å²) in [6.07, 6.45) is 5.80. The Morgan fingerprint density at radius 3 is 2.63 bits per heavy atom. The molecule has 4 aromatic heterocycles. The third-order valence-corrected chi connectivity index (χ3v) is 5.98. The van der Waals surface area contributed by atoms with E-state index in [1.165, 1.54) is 5.69 Å². The second-order valence-corrected chi connectivity index (χ2v) is 8.00. The summed E-state index contributed by atoms with van der Waals surface area (Å²) in [5.41, 5.74) is 6.07. The lowest BCUT2D eigenvalue weighted by molar-refractivity contribution is 0.199. The number of piperidine rings is 1. The van der Waals surface area contributed by atoms with Crippen molar-refractivity contribution in [3.63, 3.8) is 0 Å². The molecule has 152 valence electrons. The van der Waals surface area contributed by atoms with Gasteiger partial charge in [0, 0.05) is 40.6 Å². The number of pyridine rings is 2. The van der Waals surface area contributed by atoms with Crippen LogP contribution in [0.2, 0.25) is 0 Å². The zero-order chi connectivity index (χ0) is 20.5. The molecule has 0 spiro atoms. The quantitative estimate of drug-likeness (QED) is 0.562. The van der Waals surface area contributed by atoms with Crippen LogP contribution in [0.3, 0.4) is 0 Å². The van der Waals surface area contributed by atoms with Crippen molar-refractivity contribution in [2.24, 2.45) is 0 Å². The molecule has 7 heteroatoms. The molecule has 0 atom stereocenters. The summed E-state index contributed by atoms with van der Waals surface area (Å²) in [6.45, 7) is 6.86. The lowest BCUT2D eigenvalue weighted by Crippen LogP contribution is -2.33. The van der Waals surface area contributed by atoms with Crippen molar-refractivity contribution in [3.8, 4) is 11.3 Å². The molecular weight excluding hydrogens is 374 g/mol. The molecule has 5 heterocycles. The molecule has 1 aliphatic rings. The molecule has 7 nitrogen and oxygen atoms in total. The Labute approximate surface area is 175 Å². The number of hydrogen-bond donors (Lipinski definition) is 1. The van der Waals surface area contributed by atoms with Crippen molar-refractivity contribution in [1.82, 2.24) is 35.0 Å². The summed E-state index contributed by atoms with van der Waals surface area (Å²) < 4.78 is 0. The average Bonchev–Trinajstić information content (AvgIpc) is 3.25. The van der Waals surface area contributed by atoms with E-state index in [1.807, 2.05) is 38.2 Å². The minimum Gasteiger partial charge on any atom is -0.296 e. The minimum atomic E-state index is 0.500. The first-order valence-electron chi connectivity index (χ1n) is 10.5. The first-order chi connectivity index (χ1) is 14.7. The number of H-pyrrole nitrogens is 1. The molecule has 1 aliphatic heterocycles. The Bertz CT molecular complexity index is 1180. The summed E-state index contributed by atoms with van der Waals surface area (Å²) in [7, 11) is 0. The fourth-order valence-electron chi connectivity index (χ4n) is 4.28. The van der Waals surface area contributed by atoms with Crippen LogP contribution in [0.4, 0.5) is 0 Å². The largest absolute Gasteiger partial charge is 0.296 e. The molecule has 0 bridgehead atoms. The van der Waals surface area contributed by atoms with Crippen molar-refractivity contribution in [3.05, 3.63) is 65.6 Å². The average molecular weight is 400 g/mol. The number of aromatic nitrogens is 6. The maximum absolute atomic E-state index is 4.70. The standard InChI is InChI=1S/C23H25N7/c1-15-18(5-3-9-24-15)21-13-20(28-29-21)17-7-11-30(12-8-17)14-22-26-16(2)19-6-4-10-25-23(19)27-22/h3-6,9-10,13,17H,7-8,11-12,14H2,1-2H3,(H,28,29). The summed E-state index contributed by atoms with van der Waals surface area (Å²) in [6, 6.07) is 10.2. The number of rotatable bonds is 4. The zero-order valence-corrected chi connectivity index (χ0v) is 17.3. The molecule has 0 aliphatic carbocycles. The molecule has 5 rings (SSSR count). The van der Waals surface area contributed by atoms with E-state index in [9.17, 15) is 0 Å². The van der Waals surface area contributed by atoms with Gasteiger partial charge in [-0.3, -0.25) is 15.0 Å². The zero-order valence-electron chi connectivity index (χ0n) is 17.3. The maximum Gasteiger partial charge on any atom is 0.163 e. The van der Waals surface area contributed by atoms with E-state index in [0.717, 1.165) is 72.0 Å². The van der Waals surface area contributed by atoms with Gasteiger partial charge in [0.25, 0.3) is 0 Å². The molecule has 0 amide bonds. The fraction of sp³-hybridized carbons (Fsp3) is 0.348. The monoisotopic (exact) mass is 399 g/mol. The van der Waals surface area contributed by atoms with Gasteiger partial charge in [0.1, 0.15) is 5.82 Å². The number of nitrogens with zero attached hydrogens (tertiary/aromatic N) is 6. The van der Waals surface area contributed by atoms with Crippen molar-refractivity contribution >= 4 is 11.0 Å². The lowest BCUT2D eigenvalue weighted by Gasteiger charge is -2.30. The van der Waals surface area contributed by atoms with Gasteiger partial charge in [-0.1, -0.05) is 0 Å². The van der Waals surface area contributed by atoms with Crippen LogP contribution in [-0.2, 0) is 6.54 Å². The second-order valence-electron chi connectivity index (χ2n) is 8.00. The maximum atomic E-state index is 4.70. The molecule has 0 saturated carbocycles. The number of likely N-dealkylation sites (tertiary alicyclic amines) is 1. The van der Waals surface area contributed by atoms with Gasteiger partial charge < -0.3 is 0 Å². The summed E-state index contributed by atoms with van der Waals surface area (Å²) in [5, 5.41) is 8.83. The Hall–Kier alpha value is -3.19. The van der Waals surface area contributed by atoms with Gasteiger partial charge in [-0.15, -0.1) is 0 Å². The smallest absolute Gasteiger partial charge is 0.163 e. The molecular formula is C23H25N7. The molecule has 0 aromatic carbocycles. The normalized spacial score (nSPS) is 15.7. The Morgan fingerprint density at radius 1 is 1.00 bits per heavy atom. The predicted octanol–water partition coefficient (Wildman–Crippen LogP) is 3.81. The van der Waals surface area contributed by atoms with Crippen molar-refractivity contribution < 1.29 is 0 Å². The first-order valence-corrected chi connectivity index (χ1v) is 10.5. The van der Waals surface area contributed by atoms with Crippen LogP contribution in [0, 0.1) is 13.8 Å². The summed E-state index contributed by atoms with van der Waals surface area (Å²) in [5.74, 6) is 1.36. The first kappa shape index (κ1) is 18.8. The van der Waals surface area contributed by atoms with E-state index >= 15 is 0 Å². The summed E-state index contributed by atoms with van der Waals surface area (Å²) in [4.78, 5) is 20.6. The fourth-order valence-corrected chi connectivity index (χ4v) is 4.28. The van der Waals surface area contributed by atoms with E-state index < -0.39 is 0 Å². The van der Waals surface area contributed by atoms with Crippen molar-refractivity contribution in [1.29, 1.82) is 0 Å². The van der Waals surface area contributed by atoms with Gasteiger partial charge in [-0.2, -0.15) is 5.10 Å². The van der Waals surface area contributed by atoms with Crippen molar-refractivity contribution in [2.75, 3.05) is 13.1 Å². The highest BCUT2D eigenvalue weighted by Gasteiger charge is 2.23. The number of aromatic amines is 1. The van der Waals surface area contributed by atoms with Crippen LogP contribution in [0.5, 0.6) is 0 Å². The highest BCUT2D eigenvalue weighted by molar-refractivity contribution is 5.76. The number of nitrogens with one attached hydrogen (secondary N) is 1. The number of fused-ring (bicyclic) bond motifs is 1. The van der Waals surface area contributed by atoms with E-state index in [4.69, 9.17) is 4.98 Å². The van der Waals surface area contributed by atoms with Crippen LogP contribution in [0.1, 0.15) is 41.7 Å². The Morgan fingerprint density at radius 2 is 1.80 bits per heavy atom. The van der Waals surface area contributed by atoms with Gasteiger partial charge in [0.2, 0.25) is 0 Å². The van der Waals surface area contributed by atoms with Crippen LogP contribution in [-0.4, -0.2) is 48.1 Å². The molecule has 0 unspecified atom stereocenters. The molecule has 0 radical (unpaired) electrons. The molecule has 30 heavy (non-hydrogen) atoms. The van der Waals surface area contributed by atoms with Crippen LogP contribution in [0.25, 0.3) is 22.3 Å². The molecule has 4 aromatic rings. The van der Waals surface area contributed by atoms with Crippen LogP contribution >= 0.6 is 0 Å². The highest BCUT2D eigenvalue weighted by Crippen LogP contribution is 2.30. The van der Waals surface area contributed by atoms with Gasteiger partial charge in [0.15, 0.2) is 5.65 Å². The molecule has 1 N–H and O–H groups in total. The SMILES string of the molecule is Cc1ncccc1-c1cc(C2CCN(Cc3nc(C)c4cccnc4n3)CC2)[nH]n1. The molecule has 1 saturated heterocycles. The minimum absolute atomic E-state index is 0.500. The number of aryl methyl sites for hydroxylation is 2. The van der Waals surface area contributed by atoms with E-state index in [-0.39, 0.29) is 0 Å². The Balaban J connectivity index is 1.25. The summed E-state index contributed by atoms with van der Waals surface area (Å²) >= 11 is 0. The second kappa shape index (κ2) is 7.91. The third-order valence-electron chi connectivity index (χ3n) is 5.98. The number of hydrogen-bond acceptors (Lipinski definition) is 6. The van der Waals surface area contributed by atoms with Crippen LogP contribution < -0.4 is 0 Å². The van der Waals surface area contributed by atoms with E-state index in [1.54, 1.807) is 6.20 Å². The van der Waals surface area contributed by atoms with Gasteiger partial charge in [-0.25, -0.2) is 15.0 Å². The van der Waals surface area contributed by atoms with Gasteiger partial charge in [0.05, 0.1) is 17.9 Å². The third kappa shape index (κ3) is 3.68. The van der Waals surface area contributed by atoms with Crippen LogP contribution in [0.15, 0.2) is 42.7 Å². The Kier molecular flexibility index (Phi) is 4.96. The highest BCUT2D eigenvalue weighted by atomic mass is 15.2. The van der Waals surface area contributed by atoms with E-state index in [2.05, 4.69) is 42.2 Å². The topological polar surface area (TPSA) is 83.5 Å². The van der Waals surface area contributed by atoms with E-state index in [0.29, 0.717) is 5.92 Å².